The molecule has 1 heterocycles. The maximum absolute atomic E-state index is 11.6. The fourth-order valence-electron chi connectivity index (χ4n) is 1.50. The number of aromatic nitrogens is 1. The molecule has 0 bridgehead atoms. The number of carbonyl (C=O) groups is 1. The Morgan fingerprint density at radius 1 is 1.44 bits per heavy atom. The molecule has 1 amide bonds. The van der Waals surface area contributed by atoms with Gasteiger partial charge >= 0.3 is 6.09 Å². The zero-order valence-corrected chi connectivity index (χ0v) is 11.6. The summed E-state index contributed by atoms with van der Waals surface area (Å²) in [5.74, 6) is 0.513. The Morgan fingerprint density at radius 2 is 2.06 bits per heavy atom. The van der Waals surface area contributed by atoms with Gasteiger partial charge in [0.25, 0.3) is 0 Å². The molecule has 0 aliphatic carbocycles. The smallest absolute Gasteiger partial charge is 0.413 e. The third-order valence-electron chi connectivity index (χ3n) is 2.35. The number of amides is 1. The first-order valence-electron chi connectivity index (χ1n) is 5.90. The van der Waals surface area contributed by atoms with E-state index < -0.39 is 11.7 Å². The predicted octanol–water partition coefficient (Wildman–Crippen LogP) is 2.50. The lowest BCUT2D eigenvalue weighted by atomic mass is 10.1. The molecule has 0 aliphatic heterocycles. The average Bonchev–Trinajstić information content (AvgIpc) is 2.20. The standard InChI is InChI=1S/C13H21N3O2/c1-8-6-10(7-14)9(2)15-11(8)16-12(17)18-13(3,4)5/h6H,7,14H2,1-5H3,(H,15,16,17). The van der Waals surface area contributed by atoms with Crippen molar-refractivity contribution in [2.45, 2.75) is 46.8 Å². The summed E-state index contributed by atoms with van der Waals surface area (Å²) in [4.78, 5) is 16.0. The summed E-state index contributed by atoms with van der Waals surface area (Å²) < 4.78 is 5.18. The van der Waals surface area contributed by atoms with E-state index >= 15 is 0 Å². The van der Waals surface area contributed by atoms with Crippen molar-refractivity contribution in [1.82, 2.24) is 4.98 Å². The van der Waals surface area contributed by atoms with Crippen LogP contribution in [0.4, 0.5) is 10.6 Å². The van der Waals surface area contributed by atoms with Crippen LogP contribution in [0.5, 0.6) is 0 Å². The monoisotopic (exact) mass is 251 g/mol. The number of hydrogen-bond acceptors (Lipinski definition) is 4. The molecule has 0 saturated carbocycles. The van der Waals surface area contributed by atoms with E-state index in [4.69, 9.17) is 10.5 Å². The van der Waals surface area contributed by atoms with Gasteiger partial charge in [0, 0.05) is 12.2 Å². The van der Waals surface area contributed by atoms with Crippen LogP contribution in [0.2, 0.25) is 0 Å². The van der Waals surface area contributed by atoms with Crippen LogP contribution >= 0.6 is 0 Å². The van der Waals surface area contributed by atoms with Gasteiger partial charge in [-0.1, -0.05) is 0 Å². The van der Waals surface area contributed by atoms with Gasteiger partial charge in [-0.05, 0) is 51.8 Å². The van der Waals surface area contributed by atoms with E-state index in [-0.39, 0.29) is 0 Å². The Balaban J connectivity index is 2.86. The second kappa shape index (κ2) is 5.35. The van der Waals surface area contributed by atoms with E-state index in [0.29, 0.717) is 12.4 Å². The zero-order chi connectivity index (χ0) is 13.9. The van der Waals surface area contributed by atoms with Crippen LogP contribution in [-0.4, -0.2) is 16.7 Å². The van der Waals surface area contributed by atoms with E-state index in [1.807, 2.05) is 40.7 Å². The second-order valence-corrected chi connectivity index (χ2v) is 5.23. The fourth-order valence-corrected chi connectivity index (χ4v) is 1.50. The molecule has 0 spiro atoms. The normalized spacial score (nSPS) is 11.2. The summed E-state index contributed by atoms with van der Waals surface area (Å²) in [5.41, 5.74) is 7.73. The number of hydrogen-bond donors (Lipinski definition) is 2. The van der Waals surface area contributed by atoms with Gasteiger partial charge in [-0.2, -0.15) is 0 Å². The van der Waals surface area contributed by atoms with Gasteiger partial charge in [0.1, 0.15) is 11.4 Å². The average molecular weight is 251 g/mol. The Hall–Kier alpha value is -1.62. The predicted molar refractivity (Wildman–Crippen MR) is 71.5 cm³/mol. The van der Waals surface area contributed by atoms with E-state index in [1.165, 1.54) is 0 Å². The van der Waals surface area contributed by atoms with Crippen molar-refractivity contribution < 1.29 is 9.53 Å². The van der Waals surface area contributed by atoms with Crippen LogP contribution in [-0.2, 0) is 11.3 Å². The zero-order valence-electron chi connectivity index (χ0n) is 11.6. The molecule has 3 N–H and O–H groups in total. The molecule has 100 valence electrons. The number of carbonyl (C=O) groups excluding carboxylic acids is 1. The lowest BCUT2D eigenvalue weighted by molar-refractivity contribution is 0.0635. The molecule has 0 fully saturated rings. The molecule has 0 aliphatic rings. The van der Waals surface area contributed by atoms with Crippen molar-refractivity contribution in [2.75, 3.05) is 5.32 Å². The van der Waals surface area contributed by atoms with Crippen LogP contribution in [0.15, 0.2) is 6.07 Å². The third-order valence-corrected chi connectivity index (χ3v) is 2.35. The molecule has 0 radical (unpaired) electrons. The number of nitrogens with two attached hydrogens (primary N) is 1. The molecule has 0 unspecified atom stereocenters. The first-order chi connectivity index (χ1) is 8.23. The van der Waals surface area contributed by atoms with Gasteiger partial charge in [-0.15, -0.1) is 0 Å². The first-order valence-corrected chi connectivity index (χ1v) is 5.90. The maximum Gasteiger partial charge on any atom is 0.413 e. The van der Waals surface area contributed by atoms with Gasteiger partial charge in [-0.3, -0.25) is 5.32 Å². The van der Waals surface area contributed by atoms with E-state index in [0.717, 1.165) is 16.8 Å². The maximum atomic E-state index is 11.6. The first kappa shape index (κ1) is 14.4. The van der Waals surface area contributed by atoms with Crippen molar-refractivity contribution in [3.05, 3.63) is 22.9 Å². The van der Waals surface area contributed by atoms with Crippen molar-refractivity contribution in [2.24, 2.45) is 5.73 Å². The van der Waals surface area contributed by atoms with E-state index in [1.54, 1.807) is 0 Å². The largest absolute Gasteiger partial charge is 0.444 e. The molecule has 18 heavy (non-hydrogen) atoms. The van der Waals surface area contributed by atoms with Crippen LogP contribution in [0, 0.1) is 13.8 Å². The topological polar surface area (TPSA) is 77.2 Å². The summed E-state index contributed by atoms with van der Waals surface area (Å²) in [7, 11) is 0. The summed E-state index contributed by atoms with van der Waals surface area (Å²) in [6.45, 7) is 9.62. The highest BCUT2D eigenvalue weighted by Crippen LogP contribution is 2.17. The minimum atomic E-state index is -0.524. The van der Waals surface area contributed by atoms with Crippen molar-refractivity contribution in [3.8, 4) is 0 Å². The lowest BCUT2D eigenvalue weighted by Crippen LogP contribution is -2.27. The number of ether oxygens (including phenoxy) is 1. The quantitative estimate of drug-likeness (QED) is 0.846. The van der Waals surface area contributed by atoms with Crippen molar-refractivity contribution in [1.29, 1.82) is 0 Å². The Bertz CT molecular complexity index is 450. The summed E-state index contributed by atoms with van der Waals surface area (Å²) >= 11 is 0. The number of nitrogens with zero attached hydrogens (tertiary/aromatic N) is 1. The molecule has 1 aromatic rings. The minimum Gasteiger partial charge on any atom is -0.444 e. The van der Waals surface area contributed by atoms with Gasteiger partial charge in [0.2, 0.25) is 0 Å². The van der Waals surface area contributed by atoms with Crippen molar-refractivity contribution in [3.63, 3.8) is 0 Å². The molecular formula is C13H21N3O2. The van der Waals surface area contributed by atoms with E-state index in [9.17, 15) is 4.79 Å². The molecule has 5 nitrogen and oxygen atoms in total. The highest BCUT2D eigenvalue weighted by molar-refractivity contribution is 5.84. The van der Waals surface area contributed by atoms with Gasteiger partial charge in [-0.25, -0.2) is 9.78 Å². The van der Waals surface area contributed by atoms with Crippen LogP contribution in [0.3, 0.4) is 0 Å². The second-order valence-electron chi connectivity index (χ2n) is 5.23. The number of rotatable bonds is 2. The highest BCUT2D eigenvalue weighted by Gasteiger charge is 2.17. The Morgan fingerprint density at radius 3 is 2.56 bits per heavy atom. The molecule has 5 heteroatoms. The third kappa shape index (κ3) is 4.00. The fraction of sp³-hybridized carbons (Fsp3) is 0.538. The molecule has 0 saturated heterocycles. The molecule has 1 rings (SSSR count). The summed E-state index contributed by atoms with van der Waals surface area (Å²) in [6.07, 6.45) is -0.502. The van der Waals surface area contributed by atoms with Gasteiger partial charge < -0.3 is 10.5 Å². The number of aryl methyl sites for hydroxylation is 2. The summed E-state index contributed by atoms with van der Waals surface area (Å²) in [6, 6.07) is 1.93. The van der Waals surface area contributed by atoms with Crippen LogP contribution in [0.25, 0.3) is 0 Å². The number of nitrogens with one attached hydrogen (secondary N) is 1. The molecular weight excluding hydrogens is 230 g/mol. The molecule has 0 atom stereocenters. The van der Waals surface area contributed by atoms with Crippen LogP contribution < -0.4 is 11.1 Å². The Kier molecular flexibility index (Phi) is 4.29. The van der Waals surface area contributed by atoms with E-state index in [2.05, 4.69) is 10.3 Å². The molecule has 1 aromatic heterocycles. The van der Waals surface area contributed by atoms with Gasteiger partial charge in [0.15, 0.2) is 0 Å². The van der Waals surface area contributed by atoms with Gasteiger partial charge in [0.05, 0.1) is 0 Å². The number of anilines is 1. The number of pyridine rings is 1. The lowest BCUT2D eigenvalue weighted by Gasteiger charge is -2.20. The Labute approximate surface area is 108 Å². The summed E-state index contributed by atoms with van der Waals surface area (Å²) in [5, 5.41) is 2.65. The highest BCUT2D eigenvalue weighted by atomic mass is 16.6. The minimum absolute atomic E-state index is 0.437. The molecule has 0 aromatic carbocycles. The SMILES string of the molecule is Cc1cc(CN)c(C)nc1NC(=O)OC(C)(C)C. The van der Waals surface area contributed by atoms with Crippen molar-refractivity contribution >= 4 is 11.9 Å². The van der Waals surface area contributed by atoms with Crippen LogP contribution in [0.1, 0.15) is 37.6 Å².